The van der Waals surface area contributed by atoms with Crippen LogP contribution in [0.25, 0.3) is 0 Å². The normalized spacial score (nSPS) is 13.1. The molecule has 3 N–H and O–H groups in total. The average molecular weight is 248 g/mol. The molecular weight excluding hydrogens is 224 g/mol. The summed E-state index contributed by atoms with van der Waals surface area (Å²) < 4.78 is 0. The van der Waals surface area contributed by atoms with Gasteiger partial charge in [0.05, 0.1) is 6.04 Å². The molecular formula is C15H24N2O. The largest absolute Gasteiger partial charge is 0.350 e. The van der Waals surface area contributed by atoms with E-state index in [-0.39, 0.29) is 11.4 Å². The third kappa shape index (κ3) is 4.88. The quantitative estimate of drug-likeness (QED) is 0.811. The fourth-order valence-electron chi connectivity index (χ4n) is 1.78. The zero-order chi connectivity index (χ0) is 13.6. The van der Waals surface area contributed by atoms with Gasteiger partial charge in [-0.1, -0.05) is 37.3 Å². The van der Waals surface area contributed by atoms with E-state index < -0.39 is 6.04 Å². The van der Waals surface area contributed by atoms with Crippen molar-refractivity contribution in [3.05, 3.63) is 35.9 Å². The first-order valence-electron chi connectivity index (χ1n) is 6.56. The van der Waals surface area contributed by atoms with Crippen LogP contribution in [0.2, 0.25) is 0 Å². The van der Waals surface area contributed by atoms with Gasteiger partial charge in [0, 0.05) is 5.54 Å². The van der Waals surface area contributed by atoms with E-state index in [1.54, 1.807) is 0 Å². The minimum atomic E-state index is -0.402. The van der Waals surface area contributed by atoms with Gasteiger partial charge in [0.25, 0.3) is 0 Å². The predicted molar refractivity (Wildman–Crippen MR) is 75.3 cm³/mol. The Hall–Kier alpha value is -1.35. The molecule has 0 unspecified atom stereocenters. The SMILES string of the molecule is CC[C@H](N)C(=O)NC(C)(C)CCc1ccccc1. The number of hydrogen-bond acceptors (Lipinski definition) is 2. The molecule has 0 heterocycles. The summed E-state index contributed by atoms with van der Waals surface area (Å²) in [5, 5.41) is 3.01. The first-order chi connectivity index (χ1) is 8.44. The first-order valence-corrected chi connectivity index (χ1v) is 6.56. The summed E-state index contributed by atoms with van der Waals surface area (Å²) in [5.74, 6) is -0.0597. The second-order valence-electron chi connectivity index (χ2n) is 5.37. The van der Waals surface area contributed by atoms with Crippen molar-refractivity contribution in [1.82, 2.24) is 5.32 Å². The molecule has 3 heteroatoms. The highest BCUT2D eigenvalue weighted by atomic mass is 16.2. The van der Waals surface area contributed by atoms with E-state index in [0.717, 1.165) is 12.8 Å². The molecule has 18 heavy (non-hydrogen) atoms. The summed E-state index contributed by atoms with van der Waals surface area (Å²) in [4.78, 5) is 11.8. The topological polar surface area (TPSA) is 55.1 Å². The number of hydrogen-bond donors (Lipinski definition) is 2. The van der Waals surface area contributed by atoms with Crippen LogP contribution in [0, 0.1) is 0 Å². The Morgan fingerprint density at radius 2 is 1.94 bits per heavy atom. The summed E-state index contributed by atoms with van der Waals surface area (Å²) >= 11 is 0. The Bertz CT molecular complexity index is 373. The van der Waals surface area contributed by atoms with Crippen LogP contribution in [0.1, 0.15) is 39.2 Å². The number of aryl methyl sites for hydroxylation is 1. The summed E-state index contributed by atoms with van der Waals surface area (Å²) in [6.45, 7) is 5.99. The van der Waals surface area contributed by atoms with E-state index in [2.05, 4.69) is 17.4 Å². The number of carbonyl (C=O) groups is 1. The van der Waals surface area contributed by atoms with Crippen molar-refractivity contribution in [3.8, 4) is 0 Å². The van der Waals surface area contributed by atoms with Crippen molar-refractivity contribution >= 4 is 5.91 Å². The first kappa shape index (κ1) is 14.7. The molecule has 0 fully saturated rings. The van der Waals surface area contributed by atoms with Crippen molar-refractivity contribution in [3.63, 3.8) is 0 Å². The minimum absolute atomic E-state index is 0.0597. The molecule has 0 bridgehead atoms. The lowest BCUT2D eigenvalue weighted by molar-refractivity contribution is -0.124. The van der Waals surface area contributed by atoms with Crippen molar-refractivity contribution in [1.29, 1.82) is 0 Å². The molecule has 0 aliphatic heterocycles. The van der Waals surface area contributed by atoms with Gasteiger partial charge in [-0.2, -0.15) is 0 Å². The van der Waals surface area contributed by atoms with Crippen LogP contribution in [0.3, 0.4) is 0 Å². The van der Waals surface area contributed by atoms with Crippen molar-refractivity contribution < 1.29 is 4.79 Å². The summed E-state index contributed by atoms with van der Waals surface area (Å²) in [5.41, 5.74) is 6.79. The average Bonchev–Trinajstić information content (AvgIpc) is 2.36. The molecule has 1 aromatic carbocycles. The Labute approximate surface area is 110 Å². The van der Waals surface area contributed by atoms with Crippen LogP contribution in [0.15, 0.2) is 30.3 Å². The van der Waals surface area contributed by atoms with Crippen LogP contribution >= 0.6 is 0 Å². The highest BCUT2D eigenvalue weighted by molar-refractivity contribution is 5.82. The van der Waals surface area contributed by atoms with E-state index in [4.69, 9.17) is 5.73 Å². The van der Waals surface area contributed by atoms with Crippen LogP contribution < -0.4 is 11.1 Å². The number of rotatable bonds is 6. The summed E-state index contributed by atoms with van der Waals surface area (Å²) in [6, 6.07) is 9.89. The van der Waals surface area contributed by atoms with E-state index in [1.807, 2.05) is 39.0 Å². The second kappa shape index (κ2) is 6.55. The highest BCUT2D eigenvalue weighted by Gasteiger charge is 2.22. The van der Waals surface area contributed by atoms with Gasteiger partial charge in [-0.05, 0) is 38.7 Å². The van der Waals surface area contributed by atoms with Crippen LogP contribution in [0.4, 0.5) is 0 Å². The summed E-state index contributed by atoms with van der Waals surface area (Å²) in [6.07, 6.45) is 2.52. The zero-order valence-electron chi connectivity index (χ0n) is 11.6. The van der Waals surface area contributed by atoms with Crippen molar-refractivity contribution in [2.75, 3.05) is 0 Å². The molecule has 3 nitrogen and oxygen atoms in total. The maximum atomic E-state index is 11.8. The number of nitrogens with one attached hydrogen (secondary N) is 1. The molecule has 1 rings (SSSR count). The van der Waals surface area contributed by atoms with Crippen LogP contribution in [0.5, 0.6) is 0 Å². The van der Waals surface area contributed by atoms with Gasteiger partial charge in [0.1, 0.15) is 0 Å². The predicted octanol–water partition coefficient (Wildman–Crippen LogP) is 2.25. The Morgan fingerprint density at radius 1 is 1.33 bits per heavy atom. The van der Waals surface area contributed by atoms with E-state index in [1.165, 1.54) is 5.56 Å². The lowest BCUT2D eigenvalue weighted by Gasteiger charge is -2.27. The van der Waals surface area contributed by atoms with Gasteiger partial charge in [0.2, 0.25) is 5.91 Å². The fraction of sp³-hybridized carbons (Fsp3) is 0.533. The lowest BCUT2D eigenvalue weighted by atomic mass is 9.94. The van der Waals surface area contributed by atoms with E-state index in [0.29, 0.717) is 6.42 Å². The van der Waals surface area contributed by atoms with Gasteiger partial charge in [0.15, 0.2) is 0 Å². The molecule has 0 aliphatic rings. The number of nitrogens with two attached hydrogens (primary N) is 1. The van der Waals surface area contributed by atoms with Crippen molar-refractivity contribution in [2.45, 2.75) is 51.6 Å². The van der Waals surface area contributed by atoms with Gasteiger partial charge < -0.3 is 11.1 Å². The second-order valence-corrected chi connectivity index (χ2v) is 5.37. The molecule has 1 aromatic rings. The van der Waals surface area contributed by atoms with Gasteiger partial charge in [-0.25, -0.2) is 0 Å². The molecule has 0 radical (unpaired) electrons. The van der Waals surface area contributed by atoms with Crippen molar-refractivity contribution in [2.24, 2.45) is 5.73 Å². The Kier molecular flexibility index (Phi) is 5.35. The van der Waals surface area contributed by atoms with Gasteiger partial charge in [-0.3, -0.25) is 4.79 Å². The maximum absolute atomic E-state index is 11.8. The molecule has 1 amide bonds. The van der Waals surface area contributed by atoms with Crippen LogP contribution in [-0.2, 0) is 11.2 Å². The smallest absolute Gasteiger partial charge is 0.237 e. The fourth-order valence-corrected chi connectivity index (χ4v) is 1.78. The molecule has 0 aromatic heterocycles. The molecule has 100 valence electrons. The number of carbonyl (C=O) groups excluding carboxylic acids is 1. The number of amides is 1. The maximum Gasteiger partial charge on any atom is 0.237 e. The monoisotopic (exact) mass is 248 g/mol. The standard InChI is InChI=1S/C15H24N2O/c1-4-13(16)14(18)17-15(2,3)11-10-12-8-6-5-7-9-12/h5-9,13H,4,10-11,16H2,1-3H3,(H,17,18)/t13-/m0/s1. The molecule has 0 saturated carbocycles. The highest BCUT2D eigenvalue weighted by Crippen LogP contribution is 2.13. The van der Waals surface area contributed by atoms with E-state index >= 15 is 0 Å². The zero-order valence-corrected chi connectivity index (χ0v) is 11.6. The third-order valence-corrected chi connectivity index (χ3v) is 3.12. The van der Waals surface area contributed by atoms with Gasteiger partial charge >= 0.3 is 0 Å². The van der Waals surface area contributed by atoms with E-state index in [9.17, 15) is 4.79 Å². The van der Waals surface area contributed by atoms with Crippen LogP contribution in [-0.4, -0.2) is 17.5 Å². The minimum Gasteiger partial charge on any atom is -0.350 e. The lowest BCUT2D eigenvalue weighted by Crippen LogP contribution is -2.50. The molecule has 1 atom stereocenters. The molecule has 0 saturated heterocycles. The van der Waals surface area contributed by atoms with Gasteiger partial charge in [-0.15, -0.1) is 0 Å². The Balaban J connectivity index is 2.47. The third-order valence-electron chi connectivity index (χ3n) is 3.12. The number of benzene rings is 1. The Morgan fingerprint density at radius 3 is 2.50 bits per heavy atom. The summed E-state index contributed by atoms with van der Waals surface area (Å²) in [7, 11) is 0. The molecule has 0 aliphatic carbocycles. The molecule has 0 spiro atoms.